The van der Waals surface area contributed by atoms with Crippen molar-refractivity contribution in [2.75, 3.05) is 6.54 Å². The molecule has 3 nitrogen and oxygen atoms in total. The lowest BCUT2D eigenvalue weighted by molar-refractivity contribution is -0.121. The van der Waals surface area contributed by atoms with Crippen LogP contribution in [0.15, 0.2) is 28.7 Å². The molecule has 116 valence electrons. The molecule has 1 aliphatic rings. The van der Waals surface area contributed by atoms with E-state index in [1.165, 1.54) is 24.8 Å². The third-order valence-corrected chi connectivity index (χ3v) is 4.52. The first-order valence-corrected chi connectivity index (χ1v) is 8.70. The number of nitrogens with one attached hydrogen (secondary N) is 2. The molecular weight excluding hydrogens is 328 g/mol. The molecule has 1 fully saturated rings. The Morgan fingerprint density at radius 2 is 2.14 bits per heavy atom. The number of amides is 1. The summed E-state index contributed by atoms with van der Waals surface area (Å²) in [5.74, 6) is 0.173. The van der Waals surface area contributed by atoms with Gasteiger partial charge in [0, 0.05) is 23.0 Å². The summed E-state index contributed by atoms with van der Waals surface area (Å²) in [5, 5.41) is 6.59. The maximum atomic E-state index is 12.0. The molecule has 21 heavy (non-hydrogen) atoms. The van der Waals surface area contributed by atoms with E-state index >= 15 is 0 Å². The highest BCUT2D eigenvalue weighted by Crippen LogP contribution is 2.13. The van der Waals surface area contributed by atoms with E-state index in [-0.39, 0.29) is 11.9 Å². The summed E-state index contributed by atoms with van der Waals surface area (Å²) < 4.78 is 1.09. The van der Waals surface area contributed by atoms with Gasteiger partial charge in [0.15, 0.2) is 0 Å². The Kier molecular flexibility index (Phi) is 6.71. The maximum Gasteiger partial charge on any atom is 0.220 e. The van der Waals surface area contributed by atoms with Gasteiger partial charge in [0.25, 0.3) is 0 Å². The molecule has 2 rings (SSSR count). The Morgan fingerprint density at radius 1 is 1.38 bits per heavy atom. The number of benzene rings is 1. The Balaban J connectivity index is 1.67. The van der Waals surface area contributed by atoms with Crippen LogP contribution < -0.4 is 10.6 Å². The minimum Gasteiger partial charge on any atom is -0.353 e. The zero-order chi connectivity index (χ0) is 15.1. The van der Waals surface area contributed by atoms with Gasteiger partial charge in [-0.15, -0.1) is 0 Å². The Morgan fingerprint density at radius 3 is 2.81 bits per heavy atom. The standard InChI is InChI=1S/C17H25BrN2O/c1-13(12-14-5-7-15(18)8-6-14)20-17(21)10-9-16-4-2-3-11-19-16/h5-8,13,16,19H,2-4,9-12H2,1H3,(H,20,21). The van der Waals surface area contributed by atoms with Crippen LogP contribution in [0.1, 0.15) is 44.6 Å². The molecule has 1 amide bonds. The predicted octanol–water partition coefficient (Wildman–Crippen LogP) is 3.42. The van der Waals surface area contributed by atoms with Gasteiger partial charge in [-0.25, -0.2) is 0 Å². The van der Waals surface area contributed by atoms with Gasteiger partial charge in [0.2, 0.25) is 5.91 Å². The lowest BCUT2D eigenvalue weighted by atomic mass is 10.0. The van der Waals surface area contributed by atoms with Crippen molar-refractivity contribution < 1.29 is 4.79 Å². The summed E-state index contributed by atoms with van der Waals surface area (Å²) in [5.41, 5.74) is 1.25. The van der Waals surface area contributed by atoms with E-state index in [0.717, 1.165) is 23.9 Å². The zero-order valence-corrected chi connectivity index (χ0v) is 14.3. The Bertz CT molecular complexity index is 441. The van der Waals surface area contributed by atoms with Crippen LogP contribution in [0.4, 0.5) is 0 Å². The average Bonchev–Trinajstić information content (AvgIpc) is 2.48. The molecule has 1 aromatic rings. The van der Waals surface area contributed by atoms with Crippen LogP contribution in [0.3, 0.4) is 0 Å². The molecule has 4 heteroatoms. The van der Waals surface area contributed by atoms with E-state index in [2.05, 4.69) is 45.6 Å². The normalized spacial score (nSPS) is 20.0. The number of carbonyl (C=O) groups excluding carboxylic acids is 1. The molecule has 0 aromatic heterocycles. The number of carbonyl (C=O) groups is 1. The second-order valence-corrected chi connectivity index (χ2v) is 6.90. The van der Waals surface area contributed by atoms with E-state index in [9.17, 15) is 4.79 Å². The van der Waals surface area contributed by atoms with Crippen molar-refractivity contribution in [2.24, 2.45) is 0 Å². The van der Waals surface area contributed by atoms with Crippen molar-refractivity contribution in [1.82, 2.24) is 10.6 Å². The summed E-state index contributed by atoms with van der Waals surface area (Å²) >= 11 is 3.43. The van der Waals surface area contributed by atoms with Gasteiger partial charge in [-0.3, -0.25) is 4.79 Å². The molecular formula is C17H25BrN2O. The molecule has 1 aliphatic heterocycles. The highest BCUT2D eigenvalue weighted by molar-refractivity contribution is 9.10. The van der Waals surface area contributed by atoms with Crippen LogP contribution in [-0.2, 0) is 11.2 Å². The fourth-order valence-electron chi connectivity index (χ4n) is 2.85. The second-order valence-electron chi connectivity index (χ2n) is 5.98. The van der Waals surface area contributed by atoms with Crippen molar-refractivity contribution in [1.29, 1.82) is 0 Å². The SMILES string of the molecule is CC(Cc1ccc(Br)cc1)NC(=O)CCC1CCCCN1. The van der Waals surface area contributed by atoms with E-state index in [1.54, 1.807) is 0 Å². The van der Waals surface area contributed by atoms with Gasteiger partial charge >= 0.3 is 0 Å². The number of hydrogen-bond acceptors (Lipinski definition) is 2. The molecule has 0 aliphatic carbocycles. The van der Waals surface area contributed by atoms with Crippen LogP contribution in [0, 0.1) is 0 Å². The zero-order valence-electron chi connectivity index (χ0n) is 12.7. The topological polar surface area (TPSA) is 41.1 Å². The molecule has 0 spiro atoms. The number of hydrogen-bond donors (Lipinski definition) is 2. The highest BCUT2D eigenvalue weighted by Gasteiger charge is 2.15. The Labute approximate surface area is 136 Å². The summed E-state index contributed by atoms with van der Waals surface area (Å²) in [6.45, 7) is 3.17. The van der Waals surface area contributed by atoms with Crippen LogP contribution >= 0.6 is 15.9 Å². The third kappa shape index (κ3) is 6.18. The number of piperidine rings is 1. The van der Waals surface area contributed by atoms with Gasteiger partial charge in [-0.1, -0.05) is 34.5 Å². The Hall–Kier alpha value is -0.870. The largest absolute Gasteiger partial charge is 0.353 e. The highest BCUT2D eigenvalue weighted by atomic mass is 79.9. The minimum absolute atomic E-state index is 0.173. The van der Waals surface area contributed by atoms with E-state index in [4.69, 9.17) is 0 Å². The molecule has 1 saturated heterocycles. The van der Waals surface area contributed by atoms with E-state index in [0.29, 0.717) is 12.5 Å². The van der Waals surface area contributed by atoms with Crippen LogP contribution in [0.2, 0.25) is 0 Å². The number of rotatable bonds is 6. The molecule has 0 bridgehead atoms. The van der Waals surface area contributed by atoms with Crippen molar-refractivity contribution in [3.63, 3.8) is 0 Å². The van der Waals surface area contributed by atoms with Crippen molar-refractivity contribution in [3.05, 3.63) is 34.3 Å². The van der Waals surface area contributed by atoms with Gasteiger partial charge in [0.1, 0.15) is 0 Å². The van der Waals surface area contributed by atoms with Crippen molar-refractivity contribution >= 4 is 21.8 Å². The molecule has 1 heterocycles. The van der Waals surface area contributed by atoms with Crippen LogP contribution in [-0.4, -0.2) is 24.5 Å². The molecule has 1 aromatic carbocycles. The third-order valence-electron chi connectivity index (χ3n) is 3.99. The first-order chi connectivity index (χ1) is 10.1. The van der Waals surface area contributed by atoms with Crippen molar-refractivity contribution in [2.45, 2.75) is 57.5 Å². The molecule has 2 atom stereocenters. The fraction of sp³-hybridized carbons (Fsp3) is 0.588. The molecule has 2 N–H and O–H groups in total. The van der Waals surface area contributed by atoms with E-state index < -0.39 is 0 Å². The van der Waals surface area contributed by atoms with Crippen LogP contribution in [0.25, 0.3) is 0 Å². The summed E-state index contributed by atoms with van der Waals surface area (Å²) in [6, 6.07) is 8.98. The van der Waals surface area contributed by atoms with Crippen LogP contribution in [0.5, 0.6) is 0 Å². The van der Waals surface area contributed by atoms with Gasteiger partial charge in [0.05, 0.1) is 0 Å². The first-order valence-electron chi connectivity index (χ1n) is 7.90. The first kappa shape index (κ1) is 16.5. The molecule has 2 unspecified atom stereocenters. The lowest BCUT2D eigenvalue weighted by Gasteiger charge is -2.23. The second kappa shape index (κ2) is 8.54. The maximum absolute atomic E-state index is 12.0. The molecule has 0 radical (unpaired) electrons. The van der Waals surface area contributed by atoms with Gasteiger partial charge in [-0.05, 0) is 56.8 Å². The minimum atomic E-state index is 0.173. The lowest BCUT2D eigenvalue weighted by Crippen LogP contribution is -2.37. The predicted molar refractivity (Wildman–Crippen MR) is 90.3 cm³/mol. The number of halogens is 1. The summed E-state index contributed by atoms with van der Waals surface area (Å²) in [6.07, 6.45) is 6.23. The average molecular weight is 353 g/mol. The summed E-state index contributed by atoms with van der Waals surface area (Å²) in [7, 11) is 0. The quantitative estimate of drug-likeness (QED) is 0.823. The van der Waals surface area contributed by atoms with Gasteiger partial charge < -0.3 is 10.6 Å². The monoisotopic (exact) mass is 352 g/mol. The van der Waals surface area contributed by atoms with E-state index in [1.807, 2.05) is 12.1 Å². The van der Waals surface area contributed by atoms with Crippen molar-refractivity contribution in [3.8, 4) is 0 Å². The molecule has 0 saturated carbocycles. The van der Waals surface area contributed by atoms with Gasteiger partial charge in [-0.2, -0.15) is 0 Å². The fourth-order valence-corrected chi connectivity index (χ4v) is 3.11. The smallest absolute Gasteiger partial charge is 0.220 e. The summed E-state index contributed by atoms with van der Waals surface area (Å²) in [4.78, 5) is 12.0.